The second kappa shape index (κ2) is 10.1. The molecule has 34 heavy (non-hydrogen) atoms. The third-order valence-corrected chi connectivity index (χ3v) is 5.80. The average Bonchev–Trinajstić information content (AvgIpc) is 3.14. The zero-order valence-electron chi connectivity index (χ0n) is 20.2. The van der Waals surface area contributed by atoms with Gasteiger partial charge in [0.1, 0.15) is 0 Å². The fraction of sp³-hybridized carbons (Fsp3) is 0.385. The summed E-state index contributed by atoms with van der Waals surface area (Å²) in [5, 5.41) is 3.88. The van der Waals surface area contributed by atoms with Crippen molar-refractivity contribution >= 4 is 29.4 Å². The van der Waals surface area contributed by atoms with Crippen molar-refractivity contribution in [1.29, 1.82) is 0 Å². The first-order valence-electron chi connectivity index (χ1n) is 11.2. The maximum atomic E-state index is 12.6. The number of ether oxygens (including phenoxy) is 1. The molecule has 2 aromatic carbocycles. The summed E-state index contributed by atoms with van der Waals surface area (Å²) in [6, 6.07) is 12.8. The van der Waals surface area contributed by atoms with Crippen molar-refractivity contribution in [3.05, 3.63) is 64.7 Å². The predicted octanol–water partition coefficient (Wildman–Crippen LogP) is 3.28. The van der Waals surface area contributed by atoms with Crippen LogP contribution < -0.4 is 10.7 Å². The SMILES string of the molecule is Cc1cccc(C)c1NC(=O)COC(=O)[C@@H]1CC(=O)N(NC(=O)c2ccc(C(C)(C)C)cc2)C1. The van der Waals surface area contributed by atoms with Gasteiger partial charge in [-0.15, -0.1) is 0 Å². The van der Waals surface area contributed by atoms with E-state index < -0.39 is 30.3 Å². The molecular weight excluding hydrogens is 434 g/mol. The van der Waals surface area contributed by atoms with E-state index in [0.717, 1.165) is 21.7 Å². The highest BCUT2D eigenvalue weighted by atomic mass is 16.5. The number of hydrogen-bond donors (Lipinski definition) is 2. The summed E-state index contributed by atoms with van der Waals surface area (Å²) in [6.45, 7) is 9.53. The van der Waals surface area contributed by atoms with E-state index in [1.54, 1.807) is 12.1 Å². The number of nitrogens with one attached hydrogen (secondary N) is 2. The Kier molecular flexibility index (Phi) is 7.39. The molecule has 0 bridgehead atoms. The van der Waals surface area contributed by atoms with Gasteiger partial charge in [-0.2, -0.15) is 0 Å². The van der Waals surface area contributed by atoms with Crippen molar-refractivity contribution in [1.82, 2.24) is 10.4 Å². The fourth-order valence-electron chi connectivity index (χ4n) is 3.72. The quantitative estimate of drug-likeness (QED) is 0.637. The van der Waals surface area contributed by atoms with Gasteiger partial charge in [-0.25, -0.2) is 0 Å². The molecule has 0 spiro atoms. The van der Waals surface area contributed by atoms with Crippen LogP contribution in [0.25, 0.3) is 0 Å². The number of carbonyl (C=O) groups is 4. The monoisotopic (exact) mass is 465 g/mol. The molecule has 1 atom stereocenters. The number of amides is 3. The third-order valence-electron chi connectivity index (χ3n) is 5.80. The number of nitrogens with zero attached hydrogens (tertiary/aromatic N) is 1. The Bertz CT molecular complexity index is 1080. The predicted molar refractivity (Wildman–Crippen MR) is 128 cm³/mol. The summed E-state index contributed by atoms with van der Waals surface area (Å²) < 4.78 is 5.13. The molecule has 0 radical (unpaired) electrons. The summed E-state index contributed by atoms with van der Waals surface area (Å²) in [5.74, 6) is -2.70. The average molecular weight is 466 g/mol. The molecule has 0 aromatic heterocycles. The Hall–Kier alpha value is -3.68. The van der Waals surface area contributed by atoms with Crippen LogP contribution in [0.2, 0.25) is 0 Å². The molecule has 180 valence electrons. The summed E-state index contributed by atoms with van der Waals surface area (Å²) >= 11 is 0. The van der Waals surface area contributed by atoms with Gasteiger partial charge in [-0.1, -0.05) is 51.1 Å². The molecule has 0 saturated carbocycles. The van der Waals surface area contributed by atoms with E-state index in [-0.39, 0.29) is 24.3 Å². The molecule has 1 aliphatic heterocycles. The summed E-state index contributed by atoms with van der Waals surface area (Å²) in [5.41, 5.74) is 6.51. The first-order chi connectivity index (χ1) is 16.0. The third kappa shape index (κ3) is 6.01. The number of rotatable bonds is 6. The largest absolute Gasteiger partial charge is 0.455 e. The Morgan fingerprint density at radius 1 is 1.03 bits per heavy atom. The minimum Gasteiger partial charge on any atom is -0.455 e. The molecule has 2 aromatic rings. The molecule has 2 N–H and O–H groups in total. The first kappa shape index (κ1) is 25.0. The molecule has 8 heteroatoms. The van der Waals surface area contributed by atoms with E-state index in [0.29, 0.717) is 11.3 Å². The van der Waals surface area contributed by atoms with Crippen molar-refractivity contribution in [2.24, 2.45) is 5.92 Å². The van der Waals surface area contributed by atoms with Crippen molar-refractivity contribution in [2.45, 2.75) is 46.5 Å². The molecule has 1 saturated heterocycles. The number of para-hydroxylation sites is 1. The normalized spacial score (nSPS) is 15.7. The number of esters is 1. The molecule has 3 rings (SSSR count). The Labute approximate surface area is 199 Å². The van der Waals surface area contributed by atoms with E-state index in [9.17, 15) is 19.2 Å². The lowest BCUT2D eigenvalue weighted by molar-refractivity contribution is -0.151. The lowest BCUT2D eigenvalue weighted by Crippen LogP contribution is -2.43. The highest BCUT2D eigenvalue weighted by molar-refractivity contribution is 5.97. The van der Waals surface area contributed by atoms with Gasteiger partial charge in [0, 0.05) is 17.7 Å². The standard InChI is InChI=1S/C26H31N3O5/c1-16-7-6-8-17(2)23(16)27-21(30)15-34-25(33)19-13-22(31)29(14-19)28-24(32)18-9-11-20(12-10-18)26(3,4)5/h6-12,19H,13-15H2,1-5H3,(H,27,30)(H,28,32)/t19-/m1/s1. The number of anilines is 1. The Morgan fingerprint density at radius 3 is 2.24 bits per heavy atom. The van der Waals surface area contributed by atoms with Gasteiger partial charge >= 0.3 is 5.97 Å². The second-order valence-electron chi connectivity index (χ2n) is 9.60. The van der Waals surface area contributed by atoms with Crippen LogP contribution >= 0.6 is 0 Å². The van der Waals surface area contributed by atoms with E-state index in [1.165, 1.54) is 0 Å². The lowest BCUT2D eigenvalue weighted by atomic mass is 9.87. The van der Waals surface area contributed by atoms with Crippen LogP contribution in [-0.2, 0) is 24.5 Å². The fourth-order valence-corrected chi connectivity index (χ4v) is 3.72. The van der Waals surface area contributed by atoms with Crippen LogP contribution in [0.5, 0.6) is 0 Å². The van der Waals surface area contributed by atoms with Crippen LogP contribution in [0.3, 0.4) is 0 Å². The van der Waals surface area contributed by atoms with E-state index in [1.807, 2.05) is 44.2 Å². The number of carbonyl (C=O) groups excluding carboxylic acids is 4. The molecule has 1 aliphatic rings. The summed E-state index contributed by atoms with van der Waals surface area (Å²) in [4.78, 5) is 49.5. The molecule has 3 amide bonds. The van der Waals surface area contributed by atoms with Crippen LogP contribution in [0, 0.1) is 19.8 Å². The molecule has 0 unspecified atom stereocenters. The van der Waals surface area contributed by atoms with E-state index in [4.69, 9.17) is 4.74 Å². The molecule has 8 nitrogen and oxygen atoms in total. The minimum atomic E-state index is -0.760. The van der Waals surface area contributed by atoms with Gasteiger partial charge in [-0.05, 0) is 48.1 Å². The number of hydrazine groups is 1. The van der Waals surface area contributed by atoms with Crippen LogP contribution in [0.1, 0.15) is 54.2 Å². The zero-order chi connectivity index (χ0) is 25.0. The molecule has 0 aliphatic carbocycles. The van der Waals surface area contributed by atoms with Crippen LogP contribution in [-0.4, -0.2) is 41.9 Å². The number of benzene rings is 2. The number of aryl methyl sites for hydroxylation is 2. The molecule has 1 fully saturated rings. The van der Waals surface area contributed by atoms with Gasteiger partial charge in [-0.3, -0.25) is 29.6 Å². The van der Waals surface area contributed by atoms with Gasteiger partial charge < -0.3 is 10.1 Å². The minimum absolute atomic E-state index is 0.0119. The van der Waals surface area contributed by atoms with Crippen molar-refractivity contribution < 1.29 is 23.9 Å². The van der Waals surface area contributed by atoms with Gasteiger partial charge in [0.15, 0.2) is 6.61 Å². The van der Waals surface area contributed by atoms with Gasteiger partial charge in [0.05, 0.1) is 12.5 Å². The van der Waals surface area contributed by atoms with Crippen molar-refractivity contribution in [3.8, 4) is 0 Å². The van der Waals surface area contributed by atoms with Gasteiger partial charge in [0.25, 0.3) is 11.8 Å². The maximum absolute atomic E-state index is 12.6. The maximum Gasteiger partial charge on any atom is 0.311 e. The zero-order valence-corrected chi connectivity index (χ0v) is 20.2. The first-order valence-corrected chi connectivity index (χ1v) is 11.2. The Balaban J connectivity index is 1.51. The molecular formula is C26H31N3O5. The lowest BCUT2D eigenvalue weighted by Gasteiger charge is -2.20. The summed E-state index contributed by atoms with van der Waals surface area (Å²) in [6.07, 6.45) is -0.0966. The molecule has 1 heterocycles. The number of hydrogen-bond acceptors (Lipinski definition) is 5. The topological polar surface area (TPSA) is 105 Å². The van der Waals surface area contributed by atoms with Crippen LogP contribution in [0.4, 0.5) is 5.69 Å². The van der Waals surface area contributed by atoms with E-state index in [2.05, 4.69) is 31.5 Å². The van der Waals surface area contributed by atoms with Crippen molar-refractivity contribution in [2.75, 3.05) is 18.5 Å². The van der Waals surface area contributed by atoms with Crippen LogP contribution in [0.15, 0.2) is 42.5 Å². The van der Waals surface area contributed by atoms with Crippen molar-refractivity contribution in [3.63, 3.8) is 0 Å². The summed E-state index contributed by atoms with van der Waals surface area (Å²) in [7, 11) is 0. The highest BCUT2D eigenvalue weighted by Crippen LogP contribution is 2.23. The smallest absolute Gasteiger partial charge is 0.311 e. The highest BCUT2D eigenvalue weighted by Gasteiger charge is 2.36. The van der Waals surface area contributed by atoms with Gasteiger partial charge in [0.2, 0.25) is 5.91 Å². The second-order valence-corrected chi connectivity index (χ2v) is 9.60. The van der Waals surface area contributed by atoms with E-state index >= 15 is 0 Å². The Morgan fingerprint density at radius 2 is 1.65 bits per heavy atom.